The van der Waals surface area contributed by atoms with Crippen LogP contribution in [-0.4, -0.2) is 5.11 Å². The Morgan fingerprint density at radius 3 is 2.29 bits per heavy atom. The van der Waals surface area contributed by atoms with Crippen molar-refractivity contribution in [2.24, 2.45) is 5.92 Å². The SMILES string of the molecule is CCC(C)C(C)(O)c1ccc(Br)cc1. The number of halogens is 1. The zero-order chi connectivity index (χ0) is 10.8. The summed E-state index contributed by atoms with van der Waals surface area (Å²) in [4.78, 5) is 0. The molecule has 2 heteroatoms. The Morgan fingerprint density at radius 2 is 1.86 bits per heavy atom. The van der Waals surface area contributed by atoms with Gasteiger partial charge in [0.15, 0.2) is 0 Å². The van der Waals surface area contributed by atoms with Crippen molar-refractivity contribution in [3.8, 4) is 0 Å². The highest BCUT2D eigenvalue weighted by Gasteiger charge is 2.28. The fraction of sp³-hybridized carbons (Fsp3) is 0.500. The van der Waals surface area contributed by atoms with Crippen molar-refractivity contribution in [3.05, 3.63) is 34.3 Å². The van der Waals surface area contributed by atoms with E-state index in [9.17, 15) is 5.11 Å². The van der Waals surface area contributed by atoms with Gasteiger partial charge in [-0.1, -0.05) is 48.3 Å². The molecule has 0 aliphatic heterocycles. The lowest BCUT2D eigenvalue weighted by molar-refractivity contribution is 0.0000104. The van der Waals surface area contributed by atoms with Gasteiger partial charge in [0, 0.05) is 4.47 Å². The molecule has 0 saturated heterocycles. The molecule has 1 aromatic carbocycles. The summed E-state index contributed by atoms with van der Waals surface area (Å²) in [6, 6.07) is 7.87. The van der Waals surface area contributed by atoms with Crippen molar-refractivity contribution in [1.29, 1.82) is 0 Å². The predicted octanol–water partition coefficient (Wildman–Crippen LogP) is 3.70. The van der Waals surface area contributed by atoms with E-state index in [4.69, 9.17) is 0 Å². The van der Waals surface area contributed by atoms with Crippen LogP contribution in [0.5, 0.6) is 0 Å². The van der Waals surface area contributed by atoms with Crippen molar-refractivity contribution in [2.45, 2.75) is 32.8 Å². The number of hydrogen-bond donors (Lipinski definition) is 1. The molecule has 0 heterocycles. The minimum absolute atomic E-state index is 0.267. The lowest BCUT2D eigenvalue weighted by Crippen LogP contribution is -2.29. The minimum atomic E-state index is -0.727. The van der Waals surface area contributed by atoms with Gasteiger partial charge in [0.25, 0.3) is 0 Å². The van der Waals surface area contributed by atoms with E-state index in [1.807, 2.05) is 31.2 Å². The van der Waals surface area contributed by atoms with Crippen LogP contribution < -0.4 is 0 Å². The van der Waals surface area contributed by atoms with Crippen molar-refractivity contribution in [1.82, 2.24) is 0 Å². The number of benzene rings is 1. The van der Waals surface area contributed by atoms with Crippen LogP contribution in [0.3, 0.4) is 0 Å². The quantitative estimate of drug-likeness (QED) is 0.875. The Morgan fingerprint density at radius 1 is 1.36 bits per heavy atom. The molecule has 0 spiro atoms. The molecule has 0 fully saturated rings. The number of hydrogen-bond acceptors (Lipinski definition) is 1. The summed E-state index contributed by atoms with van der Waals surface area (Å²) in [6.07, 6.45) is 0.975. The fourth-order valence-corrected chi connectivity index (χ4v) is 1.73. The standard InChI is InChI=1S/C12H17BrO/c1-4-9(2)12(3,14)10-5-7-11(13)8-6-10/h5-9,14H,4H2,1-3H3. The van der Waals surface area contributed by atoms with E-state index >= 15 is 0 Å². The third-order valence-corrected chi connectivity index (χ3v) is 3.53. The van der Waals surface area contributed by atoms with E-state index in [0.29, 0.717) is 0 Å². The molecular formula is C12H17BrO. The second-order valence-electron chi connectivity index (χ2n) is 3.96. The normalized spacial score (nSPS) is 17.5. The third-order valence-electron chi connectivity index (χ3n) is 3.00. The third kappa shape index (κ3) is 2.37. The Kier molecular flexibility index (Phi) is 3.73. The molecule has 78 valence electrons. The van der Waals surface area contributed by atoms with Gasteiger partial charge in [0.1, 0.15) is 0 Å². The van der Waals surface area contributed by atoms with Crippen molar-refractivity contribution < 1.29 is 5.11 Å². The van der Waals surface area contributed by atoms with Crippen molar-refractivity contribution in [3.63, 3.8) is 0 Å². The van der Waals surface area contributed by atoms with E-state index in [-0.39, 0.29) is 5.92 Å². The molecule has 2 unspecified atom stereocenters. The monoisotopic (exact) mass is 256 g/mol. The van der Waals surface area contributed by atoms with E-state index in [1.54, 1.807) is 0 Å². The summed E-state index contributed by atoms with van der Waals surface area (Å²) < 4.78 is 1.04. The molecule has 14 heavy (non-hydrogen) atoms. The van der Waals surface area contributed by atoms with Crippen molar-refractivity contribution in [2.75, 3.05) is 0 Å². The predicted molar refractivity (Wildman–Crippen MR) is 63.2 cm³/mol. The zero-order valence-corrected chi connectivity index (χ0v) is 10.5. The van der Waals surface area contributed by atoms with E-state index in [2.05, 4.69) is 29.8 Å². The number of rotatable bonds is 3. The molecule has 0 amide bonds. The van der Waals surface area contributed by atoms with E-state index < -0.39 is 5.60 Å². The molecule has 0 saturated carbocycles. The maximum atomic E-state index is 10.3. The van der Waals surface area contributed by atoms with Crippen LogP contribution in [0.25, 0.3) is 0 Å². The topological polar surface area (TPSA) is 20.2 Å². The van der Waals surface area contributed by atoms with Gasteiger partial charge in [0.05, 0.1) is 5.60 Å². The molecule has 0 bridgehead atoms. The highest BCUT2D eigenvalue weighted by molar-refractivity contribution is 9.10. The fourth-order valence-electron chi connectivity index (χ4n) is 1.47. The van der Waals surface area contributed by atoms with E-state index in [0.717, 1.165) is 16.5 Å². The highest BCUT2D eigenvalue weighted by Crippen LogP contribution is 2.31. The smallest absolute Gasteiger partial charge is 0.0893 e. The first-order valence-electron chi connectivity index (χ1n) is 4.97. The molecule has 0 aliphatic carbocycles. The number of aliphatic hydroxyl groups is 1. The molecule has 2 atom stereocenters. The Hall–Kier alpha value is -0.340. The van der Waals surface area contributed by atoms with Gasteiger partial charge in [-0.25, -0.2) is 0 Å². The first kappa shape index (κ1) is 11.7. The molecule has 0 aromatic heterocycles. The van der Waals surface area contributed by atoms with Crippen LogP contribution in [0.2, 0.25) is 0 Å². The summed E-state index contributed by atoms with van der Waals surface area (Å²) in [6.45, 7) is 6.05. The Labute approximate surface area is 94.3 Å². The second-order valence-corrected chi connectivity index (χ2v) is 4.88. The molecule has 1 rings (SSSR count). The van der Waals surface area contributed by atoms with Crippen LogP contribution in [0, 0.1) is 5.92 Å². The largest absolute Gasteiger partial charge is 0.385 e. The molecular weight excluding hydrogens is 240 g/mol. The molecule has 0 radical (unpaired) electrons. The summed E-state index contributed by atoms with van der Waals surface area (Å²) >= 11 is 3.38. The molecule has 0 aliphatic rings. The maximum absolute atomic E-state index is 10.3. The lowest BCUT2D eigenvalue weighted by Gasteiger charge is -2.30. The van der Waals surface area contributed by atoms with Gasteiger partial charge >= 0.3 is 0 Å². The average Bonchev–Trinajstić information content (AvgIpc) is 2.17. The van der Waals surface area contributed by atoms with Crippen LogP contribution in [-0.2, 0) is 5.60 Å². The minimum Gasteiger partial charge on any atom is -0.385 e. The van der Waals surface area contributed by atoms with Crippen LogP contribution in [0.1, 0.15) is 32.8 Å². The van der Waals surface area contributed by atoms with Gasteiger partial charge in [-0.05, 0) is 30.5 Å². The van der Waals surface area contributed by atoms with Gasteiger partial charge < -0.3 is 5.11 Å². The summed E-state index contributed by atoms with van der Waals surface area (Å²) in [5.74, 6) is 0.267. The Bertz CT molecular complexity index is 290. The summed E-state index contributed by atoms with van der Waals surface area (Å²) in [7, 11) is 0. The maximum Gasteiger partial charge on any atom is 0.0893 e. The summed E-state index contributed by atoms with van der Waals surface area (Å²) in [5.41, 5.74) is 0.255. The van der Waals surface area contributed by atoms with Gasteiger partial charge in [0.2, 0.25) is 0 Å². The van der Waals surface area contributed by atoms with E-state index in [1.165, 1.54) is 0 Å². The van der Waals surface area contributed by atoms with Gasteiger partial charge in [-0.3, -0.25) is 0 Å². The summed E-state index contributed by atoms with van der Waals surface area (Å²) in [5, 5.41) is 10.3. The lowest BCUT2D eigenvalue weighted by atomic mass is 9.83. The first-order chi connectivity index (χ1) is 6.48. The average molecular weight is 257 g/mol. The molecule has 1 N–H and O–H groups in total. The van der Waals surface area contributed by atoms with Gasteiger partial charge in [-0.2, -0.15) is 0 Å². The van der Waals surface area contributed by atoms with Crippen LogP contribution >= 0.6 is 15.9 Å². The highest BCUT2D eigenvalue weighted by atomic mass is 79.9. The first-order valence-corrected chi connectivity index (χ1v) is 5.76. The Balaban J connectivity index is 2.97. The molecule has 1 nitrogen and oxygen atoms in total. The molecule has 1 aromatic rings. The van der Waals surface area contributed by atoms with Crippen LogP contribution in [0.4, 0.5) is 0 Å². The zero-order valence-electron chi connectivity index (χ0n) is 8.92. The van der Waals surface area contributed by atoms with Gasteiger partial charge in [-0.15, -0.1) is 0 Å². The van der Waals surface area contributed by atoms with Crippen LogP contribution in [0.15, 0.2) is 28.7 Å². The second kappa shape index (κ2) is 4.45. The van der Waals surface area contributed by atoms with Crippen molar-refractivity contribution >= 4 is 15.9 Å².